The fraction of sp³-hybridized carbons (Fsp3) is 0.611. The number of amides is 2. The Morgan fingerprint density at radius 3 is 2.61 bits per heavy atom. The minimum atomic E-state index is -0.544. The van der Waals surface area contributed by atoms with Gasteiger partial charge in [0.25, 0.3) is 0 Å². The molecule has 0 radical (unpaired) electrons. The maximum atomic E-state index is 12.4. The maximum Gasteiger partial charge on any atom is 0.317 e. The van der Waals surface area contributed by atoms with Crippen LogP contribution in [0.4, 0.5) is 4.79 Å². The number of carbonyl (C=O) groups is 1. The Labute approximate surface area is 138 Å². The van der Waals surface area contributed by atoms with Gasteiger partial charge >= 0.3 is 6.03 Å². The van der Waals surface area contributed by atoms with Crippen LogP contribution in [0.5, 0.6) is 5.75 Å². The molecule has 1 unspecified atom stereocenters. The maximum absolute atomic E-state index is 12.4. The van der Waals surface area contributed by atoms with Crippen molar-refractivity contribution in [2.45, 2.75) is 64.8 Å². The van der Waals surface area contributed by atoms with E-state index in [9.17, 15) is 9.90 Å². The lowest BCUT2D eigenvalue weighted by atomic mass is 9.96. The van der Waals surface area contributed by atoms with Gasteiger partial charge in [0, 0.05) is 24.7 Å². The Kier molecular flexibility index (Phi) is 6.28. The predicted molar refractivity (Wildman–Crippen MR) is 90.5 cm³/mol. The number of nitrogens with zero attached hydrogens (tertiary/aromatic N) is 1. The molecule has 1 aromatic rings. The van der Waals surface area contributed by atoms with Gasteiger partial charge < -0.3 is 20.1 Å². The molecule has 1 fully saturated rings. The molecule has 2 amide bonds. The molecule has 0 spiro atoms. The highest BCUT2D eigenvalue weighted by molar-refractivity contribution is 5.74. The molecule has 5 nitrogen and oxygen atoms in total. The molecule has 1 saturated carbocycles. The molecule has 2 rings (SSSR count). The van der Waals surface area contributed by atoms with Gasteiger partial charge in [0.05, 0.1) is 12.2 Å². The van der Waals surface area contributed by atoms with Gasteiger partial charge in [0.15, 0.2) is 0 Å². The van der Waals surface area contributed by atoms with Gasteiger partial charge in [-0.05, 0) is 46.1 Å². The Morgan fingerprint density at radius 1 is 1.35 bits per heavy atom. The summed E-state index contributed by atoms with van der Waals surface area (Å²) in [4.78, 5) is 14.0. The molecule has 128 valence electrons. The highest BCUT2D eigenvalue weighted by Gasteiger charge is 2.21. The third kappa shape index (κ3) is 5.13. The molecule has 1 aliphatic carbocycles. The average molecular weight is 320 g/mol. The van der Waals surface area contributed by atoms with Crippen LogP contribution in [0.25, 0.3) is 0 Å². The minimum absolute atomic E-state index is 0.0334. The number of carbonyl (C=O) groups excluding carboxylic acids is 1. The van der Waals surface area contributed by atoms with E-state index in [0.29, 0.717) is 19.2 Å². The standard InChI is InChI=1S/C18H28N2O3/c1-13(2)20(12-14(3)21)18(22)19-11-15-7-4-5-10-17(15)23-16-8-6-9-16/h4-5,7,10,13-14,16,21H,6,8-9,11-12H2,1-3H3,(H,19,22). The van der Waals surface area contributed by atoms with Crippen LogP contribution in [0.3, 0.4) is 0 Å². The first-order valence-electron chi connectivity index (χ1n) is 8.44. The van der Waals surface area contributed by atoms with Gasteiger partial charge in [-0.3, -0.25) is 0 Å². The third-order valence-electron chi connectivity index (χ3n) is 4.09. The summed E-state index contributed by atoms with van der Waals surface area (Å²) < 4.78 is 5.98. The molecule has 0 heterocycles. The van der Waals surface area contributed by atoms with E-state index < -0.39 is 6.10 Å². The molecule has 23 heavy (non-hydrogen) atoms. The second kappa shape index (κ2) is 8.20. The van der Waals surface area contributed by atoms with Crippen LogP contribution in [0.15, 0.2) is 24.3 Å². The van der Waals surface area contributed by atoms with Crippen LogP contribution in [0.1, 0.15) is 45.6 Å². The molecular formula is C18H28N2O3. The summed E-state index contributed by atoms with van der Waals surface area (Å²) in [5, 5.41) is 12.5. The number of hydrogen-bond acceptors (Lipinski definition) is 3. The van der Waals surface area contributed by atoms with E-state index in [-0.39, 0.29) is 12.1 Å². The lowest BCUT2D eigenvalue weighted by molar-refractivity contribution is 0.116. The Hall–Kier alpha value is -1.75. The largest absolute Gasteiger partial charge is 0.490 e. The zero-order valence-electron chi connectivity index (χ0n) is 14.3. The molecule has 1 atom stereocenters. The Bertz CT molecular complexity index is 513. The second-order valence-electron chi connectivity index (χ2n) is 6.53. The summed E-state index contributed by atoms with van der Waals surface area (Å²) in [5.74, 6) is 0.851. The third-order valence-corrected chi connectivity index (χ3v) is 4.09. The fourth-order valence-corrected chi connectivity index (χ4v) is 2.52. The number of urea groups is 1. The van der Waals surface area contributed by atoms with Crippen LogP contribution in [0, 0.1) is 0 Å². The second-order valence-corrected chi connectivity index (χ2v) is 6.53. The Morgan fingerprint density at radius 2 is 2.04 bits per heavy atom. The average Bonchev–Trinajstić information content (AvgIpc) is 2.46. The van der Waals surface area contributed by atoms with Crippen molar-refractivity contribution in [3.05, 3.63) is 29.8 Å². The summed E-state index contributed by atoms with van der Waals surface area (Å²) in [7, 11) is 0. The topological polar surface area (TPSA) is 61.8 Å². The van der Waals surface area contributed by atoms with Crippen LogP contribution in [-0.2, 0) is 6.54 Å². The smallest absolute Gasteiger partial charge is 0.317 e. The van der Waals surface area contributed by atoms with Crippen LogP contribution in [-0.4, -0.2) is 40.8 Å². The van der Waals surface area contributed by atoms with Crippen molar-refractivity contribution in [1.29, 1.82) is 0 Å². The Balaban J connectivity index is 1.94. The van der Waals surface area contributed by atoms with Gasteiger partial charge in [-0.25, -0.2) is 4.79 Å². The van der Waals surface area contributed by atoms with E-state index in [4.69, 9.17) is 4.74 Å². The van der Waals surface area contributed by atoms with Gasteiger partial charge in [-0.1, -0.05) is 18.2 Å². The minimum Gasteiger partial charge on any atom is -0.490 e. The van der Waals surface area contributed by atoms with E-state index in [1.807, 2.05) is 38.1 Å². The number of aliphatic hydroxyl groups excluding tert-OH is 1. The van der Waals surface area contributed by atoms with E-state index in [0.717, 1.165) is 24.2 Å². The van der Waals surface area contributed by atoms with Crippen LogP contribution < -0.4 is 10.1 Å². The van der Waals surface area contributed by atoms with Crippen molar-refractivity contribution in [1.82, 2.24) is 10.2 Å². The summed E-state index contributed by atoms with van der Waals surface area (Å²) in [6, 6.07) is 7.70. The van der Waals surface area contributed by atoms with Crippen molar-refractivity contribution in [2.75, 3.05) is 6.54 Å². The van der Waals surface area contributed by atoms with Crippen LogP contribution >= 0.6 is 0 Å². The number of ether oxygens (including phenoxy) is 1. The van der Waals surface area contributed by atoms with E-state index >= 15 is 0 Å². The molecule has 0 aromatic heterocycles. The van der Waals surface area contributed by atoms with Gasteiger partial charge in [0.2, 0.25) is 0 Å². The number of aliphatic hydroxyl groups is 1. The van der Waals surface area contributed by atoms with Gasteiger partial charge in [-0.15, -0.1) is 0 Å². The highest BCUT2D eigenvalue weighted by Crippen LogP contribution is 2.27. The van der Waals surface area contributed by atoms with Gasteiger partial charge in [0.1, 0.15) is 5.75 Å². The van der Waals surface area contributed by atoms with Crippen molar-refractivity contribution in [3.63, 3.8) is 0 Å². The summed E-state index contributed by atoms with van der Waals surface area (Å²) in [6.45, 7) is 6.31. The quantitative estimate of drug-likeness (QED) is 0.812. The van der Waals surface area contributed by atoms with E-state index in [1.54, 1.807) is 11.8 Å². The van der Waals surface area contributed by atoms with Crippen LogP contribution in [0.2, 0.25) is 0 Å². The molecule has 1 aromatic carbocycles. The first-order valence-corrected chi connectivity index (χ1v) is 8.44. The van der Waals surface area contributed by atoms with Gasteiger partial charge in [-0.2, -0.15) is 0 Å². The lowest BCUT2D eigenvalue weighted by Crippen LogP contribution is -2.46. The monoisotopic (exact) mass is 320 g/mol. The molecule has 0 aliphatic heterocycles. The normalized spacial score (nSPS) is 15.9. The number of hydrogen-bond donors (Lipinski definition) is 2. The summed E-state index contributed by atoms with van der Waals surface area (Å²) in [5.41, 5.74) is 0.980. The molecule has 0 saturated heterocycles. The summed E-state index contributed by atoms with van der Waals surface area (Å²) in [6.07, 6.45) is 3.21. The van der Waals surface area contributed by atoms with Crippen molar-refractivity contribution in [2.24, 2.45) is 0 Å². The van der Waals surface area contributed by atoms with E-state index in [1.165, 1.54) is 6.42 Å². The fourth-order valence-electron chi connectivity index (χ4n) is 2.52. The number of nitrogens with one attached hydrogen (secondary N) is 1. The predicted octanol–water partition coefficient (Wildman–Crippen LogP) is 2.92. The first-order chi connectivity index (χ1) is 11.0. The molecule has 5 heteroatoms. The molecule has 2 N–H and O–H groups in total. The zero-order chi connectivity index (χ0) is 16.8. The SMILES string of the molecule is CC(O)CN(C(=O)NCc1ccccc1OC1CCC1)C(C)C. The first kappa shape index (κ1) is 17.6. The van der Waals surface area contributed by atoms with Crippen molar-refractivity contribution < 1.29 is 14.6 Å². The van der Waals surface area contributed by atoms with Crippen molar-refractivity contribution in [3.8, 4) is 5.75 Å². The molecule has 1 aliphatic rings. The number of benzene rings is 1. The molecule has 0 bridgehead atoms. The summed E-state index contributed by atoms with van der Waals surface area (Å²) >= 11 is 0. The highest BCUT2D eigenvalue weighted by atomic mass is 16.5. The van der Waals surface area contributed by atoms with Crippen molar-refractivity contribution >= 4 is 6.03 Å². The number of para-hydroxylation sites is 1. The zero-order valence-corrected chi connectivity index (χ0v) is 14.3. The van der Waals surface area contributed by atoms with E-state index in [2.05, 4.69) is 5.32 Å². The number of rotatable bonds is 7. The lowest BCUT2D eigenvalue weighted by Gasteiger charge is -2.29. The molecular weight excluding hydrogens is 292 g/mol.